The fraction of sp³-hybridized carbons (Fsp3) is 0.562. The van der Waals surface area contributed by atoms with E-state index in [2.05, 4.69) is 0 Å². The molecule has 1 rings (SSSR count). The van der Waals surface area contributed by atoms with E-state index in [0.29, 0.717) is 13.0 Å². The number of hydrogen-bond donors (Lipinski definition) is 1. The molecule has 0 heterocycles. The van der Waals surface area contributed by atoms with Crippen molar-refractivity contribution in [2.24, 2.45) is 0 Å². The highest BCUT2D eigenvalue weighted by atomic mass is 16.5. The summed E-state index contributed by atoms with van der Waals surface area (Å²) in [6, 6.07) is 7.85. The number of methoxy groups -OCH3 is 1. The summed E-state index contributed by atoms with van der Waals surface area (Å²) >= 11 is 0. The average Bonchev–Trinajstić information content (AvgIpc) is 2.41. The molecule has 1 amide bonds. The number of benzene rings is 1. The Balaban J connectivity index is 2.66. The number of hydrogen-bond acceptors (Lipinski definition) is 3. The number of nitrogens with two attached hydrogens (primary N) is 1. The van der Waals surface area contributed by atoms with Crippen molar-refractivity contribution in [3.63, 3.8) is 0 Å². The number of ether oxygens (including phenoxy) is 1. The van der Waals surface area contributed by atoms with E-state index in [4.69, 9.17) is 10.5 Å². The van der Waals surface area contributed by atoms with E-state index in [1.54, 1.807) is 7.11 Å². The van der Waals surface area contributed by atoms with Gasteiger partial charge in [0.25, 0.3) is 0 Å². The van der Waals surface area contributed by atoms with Crippen LogP contribution in [-0.2, 0) is 16.1 Å². The van der Waals surface area contributed by atoms with Crippen LogP contribution in [0.1, 0.15) is 39.2 Å². The molecule has 0 saturated heterocycles. The predicted octanol–water partition coefficient (Wildman–Crippen LogP) is 2.82. The normalized spacial score (nSPS) is 12.4. The summed E-state index contributed by atoms with van der Waals surface area (Å²) in [6.07, 6.45) is 1.37. The quantitative estimate of drug-likeness (QED) is 0.780. The summed E-state index contributed by atoms with van der Waals surface area (Å²) in [5.74, 6) is 0.159. The molecule has 112 valence electrons. The molecule has 4 nitrogen and oxygen atoms in total. The van der Waals surface area contributed by atoms with E-state index in [1.165, 1.54) is 0 Å². The maximum Gasteiger partial charge on any atom is 0.223 e. The van der Waals surface area contributed by atoms with Gasteiger partial charge in [-0.15, -0.1) is 0 Å². The summed E-state index contributed by atoms with van der Waals surface area (Å²) < 4.78 is 5.19. The second-order valence-electron chi connectivity index (χ2n) is 5.45. The number of carbonyl (C=O) groups is 1. The smallest absolute Gasteiger partial charge is 0.223 e. The molecule has 4 heteroatoms. The fourth-order valence-corrected chi connectivity index (χ4v) is 2.04. The van der Waals surface area contributed by atoms with Crippen LogP contribution in [0.15, 0.2) is 24.3 Å². The molecule has 0 spiro atoms. The maximum atomic E-state index is 12.3. The van der Waals surface area contributed by atoms with Gasteiger partial charge in [0.05, 0.1) is 6.10 Å². The Bertz CT molecular complexity index is 432. The van der Waals surface area contributed by atoms with Crippen LogP contribution >= 0.6 is 0 Å². The first-order valence-electron chi connectivity index (χ1n) is 7.10. The highest BCUT2D eigenvalue weighted by Gasteiger charge is 2.18. The molecule has 1 aromatic rings. The van der Waals surface area contributed by atoms with Crippen molar-refractivity contribution in [2.45, 2.75) is 52.3 Å². The minimum absolute atomic E-state index is 0.111. The van der Waals surface area contributed by atoms with Gasteiger partial charge in [-0.25, -0.2) is 0 Å². The minimum Gasteiger partial charge on any atom is -0.399 e. The number of amides is 1. The molecule has 0 bridgehead atoms. The van der Waals surface area contributed by atoms with Crippen molar-refractivity contribution in [2.75, 3.05) is 12.8 Å². The molecule has 0 aliphatic carbocycles. The Morgan fingerprint density at radius 1 is 1.35 bits per heavy atom. The lowest BCUT2D eigenvalue weighted by Crippen LogP contribution is -2.36. The zero-order chi connectivity index (χ0) is 15.1. The Morgan fingerprint density at radius 3 is 2.60 bits per heavy atom. The van der Waals surface area contributed by atoms with Crippen LogP contribution in [-0.4, -0.2) is 30.1 Å². The number of anilines is 1. The molecule has 0 radical (unpaired) electrons. The summed E-state index contributed by atoms with van der Waals surface area (Å²) in [6.45, 7) is 6.64. The summed E-state index contributed by atoms with van der Waals surface area (Å²) in [5, 5.41) is 0. The largest absolute Gasteiger partial charge is 0.399 e. The van der Waals surface area contributed by atoms with Crippen molar-refractivity contribution in [1.82, 2.24) is 4.90 Å². The lowest BCUT2D eigenvalue weighted by atomic mass is 10.1. The third-order valence-corrected chi connectivity index (χ3v) is 3.41. The summed E-state index contributed by atoms with van der Waals surface area (Å²) in [7, 11) is 1.67. The Labute approximate surface area is 121 Å². The number of nitrogens with zero attached hydrogens (tertiary/aromatic N) is 1. The van der Waals surface area contributed by atoms with E-state index in [0.717, 1.165) is 17.7 Å². The highest BCUT2D eigenvalue weighted by Crippen LogP contribution is 2.14. The van der Waals surface area contributed by atoms with Crippen LogP contribution in [0.25, 0.3) is 0 Å². The first-order chi connectivity index (χ1) is 9.43. The van der Waals surface area contributed by atoms with Crippen molar-refractivity contribution in [1.29, 1.82) is 0 Å². The lowest BCUT2D eigenvalue weighted by molar-refractivity contribution is -0.134. The summed E-state index contributed by atoms with van der Waals surface area (Å²) in [4.78, 5) is 14.2. The molecular formula is C16H26N2O2. The van der Waals surface area contributed by atoms with Crippen LogP contribution in [0, 0.1) is 0 Å². The Hall–Kier alpha value is -1.55. The molecule has 2 N–H and O–H groups in total. The number of nitrogen functional groups attached to an aromatic ring is 1. The van der Waals surface area contributed by atoms with E-state index < -0.39 is 0 Å². The monoisotopic (exact) mass is 278 g/mol. The van der Waals surface area contributed by atoms with Crippen LogP contribution in [0.4, 0.5) is 5.69 Å². The molecule has 0 aliphatic rings. The minimum atomic E-state index is 0.111. The van der Waals surface area contributed by atoms with E-state index >= 15 is 0 Å². The van der Waals surface area contributed by atoms with Crippen molar-refractivity contribution >= 4 is 11.6 Å². The van der Waals surface area contributed by atoms with Gasteiger partial charge in [0.15, 0.2) is 0 Å². The van der Waals surface area contributed by atoms with Gasteiger partial charge in [0, 0.05) is 31.8 Å². The standard InChI is InChI=1S/C16H26N2O2/c1-12(2)18(16(19)9-8-13(3)20-4)11-14-6-5-7-15(17)10-14/h5-7,10,12-13H,8-9,11,17H2,1-4H3. The number of rotatable bonds is 7. The summed E-state index contributed by atoms with van der Waals surface area (Å²) in [5.41, 5.74) is 7.57. The predicted molar refractivity (Wildman–Crippen MR) is 82.2 cm³/mol. The molecule has 20 heavy (non-hydrogen) atoms. The maximum absolute atomic E-state index is 12.3. The van der Waals surface area contributed by atoms with Crippen molar-refractivity contribution in [3.8, 4) is 0 Å². The SMILES string of the molecule is COC(C)CCC(=O)N(Cc1cccc(N)c1)C(C)C. The van der Waals surface area contributed by atoms with Gasteiger partial charge in [-0.1, -0.05) is 12.1 Å². The number of carbonyl (C=O) groups excluding carboxylic acids is 1. The van der Waals surface area contributed by atoms with E-state index in [1.807, 2.05) is 49.9 Å². The molecule has 1 unspecified atom stereocenters. The first-order valence-corrected chi connectivity index (χ1v) is 7.10. The molecular weight excluding hydrogens is 252 g/mol. The molecule has 0 fully saturated rings. The van der Waals surface area contributed by atoms with Gasteiger partial charge in [0.2, 0.25) is 5.91 Å². The lowest BCUT2D eigenvalue weighted by Gasteiger charge is -2.27. The van der Waals surface area contributed by atoms with Crippen molar-refractivity contribution in [3.05, 3.63) is 29.8 Å². The molecule has 1 atom stereocenters. The molecule has 0 aromatic heterocycles. The molecule has 1 aromatic carbocycles. The van der Waals surface area contributed by atoms with Crippen LogP contribution in [0.3, 0.4) is 0 Å². The first kappa shape index (κ1) is 16.5. The van der Waals surface area contributed by atoms with Gasteiger partial charge in [-0.05, 0) is 44.9 Å². The van der Waals surface area contributed by atoms with Gasteiger partial charge in [-0.2, -0.15) is 0 Å². The Morgan fingerprint density at radius 2 is 2.05 bits per heavy atom. The second kappa shape index (κ2) is 7.90. The molecule has 0 aliphatic heterocycles. The topological polar surface area (TPSA) is 55.6 Å². The Kier molecular flexibility index (Phi) is 6.52. The van der Waals surface area contributed by atoms with E-state index in [-0.39, 0.29) is 18.1 Å². The highest BCUT2D eigenvalue weighted by molar-refractivity contribution is 5.76. The van der Waals surface area contributed by atoms with Gasteiger partial charge < -0.3 is 15.4 Å². The van der Waals surface area contributed by atoms with Gasteiger partial charge >= 0.3 is 0 Å². The van der Waals surface area contributed by atoms with Gasteiger partial charge in [0.1, 0.15) is 0 Å². The fourth-order valence-electron chi connectivity index (χ4n) is 2.04. The second-order valence-corrected chi connectivity index (χ2v) is 5.45. The van der Waals surface area contributed by atoms with Crippen molar-refractivity contribution < 1.29 is 9.53 Å². The molecule has 0 saturated carbocycles. The van der Waals surface area contributed by atoms with E-state index in [9.17, 15) is 4.79 Å². The van der Waals surface area contributed by atoms with Crippen LogP contribution < -0.4 is 5.73 Å². The van der Waals surface area contributed by atoms with Crippen LogP contribution in [0.5, 0.6) is 0 Å². The third kappa shape index (κ3) is 5.21. The van der Waals surface area contributed by atoms with Crippen LogP contribution in [0.2, 0.25) is 0 Å². The third-order valence-electron chi connectivity index (χ3n) is 3.41. The zero-order valence-corrected chi connectivity index (χ0v) is 12.9. The zero-order valence-electron chi connectivity index (χ0n) is 12.9. The van der Waals surface area contributed by atoms with Gasteiger partial charge in [-0.3, -0.25) is 4.79 Å². The average molecular weight is 278 g/mol.